The molecule has 0 radical (unpaired) electrons. The maximum atomic E-state index is 11.6. The zero-order valence-electron chi connectivity index (χ0n) is 14.8. The van der Waals surface area contributed by atoms with Crippen molar-refractivity contribution >= 4 is 16.2 Å². The Labute approximate surface area is 150 Å². The molecule has 8 nitrogen and oxygen atoms in total. The van der Waals surface area contributed by atoms with Gasteiger partial charge in [0.1, 0.15) is 0 Å². The Morgan fingerprint density at radius 2 is 1.52 bits per heavy atom. The van der Waals surface area contributed by atoms with Crippen molar-refractivity contribution in [1.82, 2.24) is 19.6 Å². The Morgan fingerprint density at radius 1 is 0.960 bits per heavy atom. The Hall–Kier alpha value is -0.740. The summed E-state index contributed by atoms with van der Waals surface area (Å²) in [6.45, 7) is 7.94. The highest BCUT2D eigenvalue weighted by Crippen LogP contribution is 2.19. The minimum atomic E-state index is -2.83. The fourth-order valence-corrected chi connectivity index (χ4v) is 5.84. The lowest BCUT2D eigenvalue weighted by molar-refractivity contribution is -0.119. The lowest BCUT2D eigenvalue weighted by Gasteiger charge is -2.39. The number of amides is 1. The van der Waals surface area contributed by atoms with Crippen molar-refractivity contribution in [3.8, 4) is 0 Å². The van der Waals surface area contributed by atoms with Gasteiger partial charge >= 0.3 is 0 Å². The van der Waals surface area contributed by atoms with Crippen LogP contribution >= 0.6 is 0 Å². The lowest BCUT2D eigenvalue weighted by Crippen LogP contribution is -2.54. The first-order valence-corrected chi connectivity index (χ1v) is 11.0. The van der Waals surface area contributed by atoms with Gasteiger partial charge < -0.3 is 10.0 Å². The van der Waals surface area contributed by atoms with E-state index < -0.39 is 9.84 Å². The summed E-state index contributed by atoms with van der Waals surface area (Å²) in [6.07, 6.45) is 1.27. The van der Waals surface area contributed by atoms with Crippen LogP contribution in [0.15, 0.2) is 0 Å². The summed E-state index contributed by atoms with van der Waals surface area (Å²) in [5.74, 6) is 0.635. The second kappa shape index (κ2) is 8.30. The first-order chi connectivity index (χ1) is 11.9. The van der Waals surface area contributed by atoms with E-state index in [-0.39, 0.29) is 12.1 Å². The number of hydrogen-bond acceptors (Lipinski definition) is 7. The van der Waals surface area contributed by atoms with E-state index in [4.69, 9.17) is 0 Å². The van der Waals surface area contributed by atoms with Gasteiger partial charge in [-0.3, -0.25) is 19.5 Å². The van der Waals surface area contributed by atoms with Gasteiger partial charge in [-0.2, -0.15) is 0 Å². The summed E-state index contributed by atoms with van der Waals surface area (Å²) >= 11 is 0. The average molecular weight is 375 g/mol. The Balaban J connectivity index is 1.35. The zero-order chi connectivity index (χ0) is 17.9. The number of hydrogen-bond donors (Lipinski definition) is 1. The first-order valence-electron chi connectivity index (χ1n) is 9.22. The van der Waals surface area contributed by atoms with E-state index in [1.807, 2.05) is 0 Å². The van der Waals surface area contributed by atoms with Crippen LogP contribution in [0.5, 0.6) is 0 Å². The third kappa shape index (κ3) is 5.37. The SMILES string of the molecule is O=CN1CCN(CC(O)CN2CCN(C3CCS(=O)(=O)C3)CC2)CC1. The highest BCUT2D eigenvalue weighted by molar-refractivity contribution is 7.91. The summed E-state index contributed by atoms with van der Waals surface area (Å²) in [7, 11) is -2.83. The number of sulfone groups is 1. The van der Waals surface area contributed by atoms with Gasteiger partial charge in [0.25, 0.3) is 0 Å². The highest BCUT2D eigenvalue weighted by atomic mass is 32.2. The maximum Gasteiger partial charge on any atom is 0.209 e. The van der Waals surface area contributed by atoms with E-state index in [1.54, 1.807) is 4.90 Å². The van der Waals surface area contributed by atoms with E-state index in [0.717, 1.165) is 65.2 Å². The number of carbonyl (C=O) groups excluding carboxylic acids is 1. The number of nitrogens with zero attached hydrogens (tertiary/aromatic N) is 4. The largest absolute Gasteiger partial charge is 0.390 e. The van der Waals surface area contributed by atoms with Crippen molar-refractivity contribution in [2.45, 2.75) is 18.6 Å². The Kier molecular flexibility index (Phi) is 6.32. The molecule has 25 heavy (non-hydrogen) atoms. The van der Waals surface area contributed by atoms with Gasteiger partial charge in [-0.25, -0.2) is 8.42 Å². The molecule has 0 aliphatic carbocycles. The highest BCUT2D eigenvalue weighted by Gasteiger charge is 2.33. The molecule has 9 heteroatoms. The van der Waals surface area contributed by atoms with Crippen LogP contribution in [0.25, 0.3) is 0 Å². The third-order valence-corrected chi connectivity index (χ3v) is 7.38. The van der Waals surface area contributed by atoms with Crippen LogP contribution in [0.1, 0.15) is 6.42 Å². The van der Waals surface area contributed by atoms with Crippen LogP contribution in [-0.4, -0.2) is 129 Å². The second-order valence-corrected chi connectivity index (χ2v) is 9.72. The zero-order valence-corrected chi connectivity index (χ0v) is 15.6. The van der Waals surface area contributed by atoms with E-state index >= 15 is 0 Å². The van der Waals surface area contributed by atoms with Gasteiger partial charge in [0.05, 0.1) is 17.6 Å². The van der Waals surface area contributed by atoms with Crippen molar-refractivity contribution < 1.29 is 18.3 Å². The summed E-state index contributed by atoms with van der Waals surface area (Å²) in [5.41, 5.74) is 0. The smallest absolute Gasteiger partial charge is 0.209 e. The van der Waals surface area contributed by atoms with Crippen LogP contribution < -0.4 is 0 Å². The molecular formula is C16H30N4O4S. The van der Waals surface area contributed by atoms with Crippen LogP contribution in [0.2, 0.25) is 0 Å². The molecule has 0 spiro atoms. The average Bonchev–Trinajstić information content (AvgIpc) is 2.96. The molecule has 3 aliphatic heterocycles. The molecule has 3 heterocycles. The summed E-state index contributed by atoms with van der Waals surface area (Å²) in [4.78, 5) is 19.3. The summed E-state index contributed by atoms with van der Waals surface area (Å²) < 4.78 is 23.3. The number of rotatable bonds is 6. The molecule has 3 fully saturated rings. The van der Waals surface area contributed by atoms with Crippen molar-refractivity contribution in [2.75, 3.05) is 77.0 Å². The Bertz CT molecular complexity index is 542. The standard InChI is InChI=1S/C16H30N4O4S/c21-14-19-4-2-17(3-5-19)11-16(22)12-18-6-8-20(9-7-18)15-1-10-25(23,24)13-15/h14-16,22H,1-13H2. The van der Waals surface area contributed by atoms with Crippen LogP contribution in [0.3, 0.4) is 0 Å². The number of β-amino-alcohol motifs (C(OH)–C–C–N with tert-alkyl or cyclic N) is 1. The first kappa shape index (κ1) is 19.0. The number of aliphatic hydroxyl groups excluding tert-OH is 1. The van der Waals surface area contributed by atoms with Gasteiger partial charge in [0.2, 0.25) is 6.41 Å². The fraction of sp³-hybridized carbons (Fsp3) is 0.938. The number of aliphatic hydroxyl groups is 1. The van der Waals surface area contributed by atoms with Crippen LogP contribution in [-0.2, 0) is 14.6 Å². The molecule has 2 atom stereocenters. The van der Waals surface area contributed by atoms with E-state index in [9.17, 15) is 18.3 Å². The monoisotopic (exact) mass is 374 g/mol. The Morgan fingerprint density at radius 3 is 2.00 bits per heavy atom. The van der Waals surface area contributed by atoms with Gasteiger partial charge in [-0.05, 0) is 6.42 Å². The van der Waals surface area contributed by atoms with Gasteiger partial charge in [-0.15, -0.1) is 0 Å². The van der Waals surface area contributed by atoms with E-state index in [1.165, 1.54) is 0 Å². The minimum Gasteiger partial charge on any atom is -0.390 e. The predicted molar refractivity (Wildman–Crippen MR) is 95.2 cm³/mol. The van der Waals surface area contributed by atoms with Gasteiger partial charge in [0.15, 0.2) is 9.84 Å². The summed E-state index contributed by atoms with van der Waals surface area (Å²) in [6, 6.07) is 0.186. The van der Waals surface area contributed by atoms with Crippen molar-refractivity contribution in [3.05, 3.63) is 0 Å². The molecule has 3 aliphatic rings. The molecule has 2 unspecified atom stereocenters. The maximum absolute atomic E-state index is 11.6. The molecule has 3 saturated heterocycles. The second-order valence-electron chi connectivity index (χ2n) is 7.49. The van der Waals surface area contributed by atoms with Crippen molar-refractivity contribution in [1.29, 1.82) is 0 Å². The fourth-order valence-electron chi connectivity index (χ4n) is 4.08. The van der Waals surface area contributed by atoms with Crippen molar-refractivity contribution in [3.63, 3.8) is 0 Å². The molecule has 0 saturated carbocycles. The van der Waals surface area contributed by atoms with Gasteiger partial charge in [0, 0.05) is 71.5 Å². The molecule has 1 N–H and O–H groups in total. The predicted octanol–water partition coefficient (Wildman–Crippen LogP) is -2.07. The molecule has 144 valence electrons. The van der Waals surface area contributed by atoms with Gasteiger partial charge in [-0.1, -0.05) is 0 Å². The molecule has 0 aromatic rings. The van der Waals surface area contributed by atoms with Crippen molar-refractivity contribution in [2.24, 2.45) is 0 Å². The summed E-state index contributed by atoms with van der Waals surface area (Å²) in [5, 5.41) is 10.4. The molecular weight excluding hydrogens is 344 g/mol. The molecule has 0 aromatic heterocycles. The molecule has 1 amide bonds. The molecule has 0 bridgehead atoms. The van der Waals surface area contributed by atoms with Crippen LogP contribution in [0.4, 0.5) is 0 Å². The molecule has 3 rings (SSSR count). The number of carbonyl (C=O) groups is 1. The minimum absolute atomic E-state index is 0.186. The third-order valence-electron chi connectivity index (χ3n) is 5.63. The van der Waals surface area contributed by atoms with Crippen LogP contribution in [0, 0.1) is 0 Å². The topological polar surface area (TPSA) is 84.4 Å². The van der Waals surface area contributed by atoms with E-state index in [2.05, 4.69) is 14.7 Å². The molecule has 0 aromatic carbocycles. The normalized spacial score (nSPS) is 30.4. The van der Waals surface area contributed by atoms with E-state index in [0.29, 0.717) is 24.6 Å². The lowest BCUT2D eigenvalue weighted by atomic mass is 10.2. The number of piperazine rings is 2. The quantitative estimate of drug-likeness (QED) is 0.535.